The molecule has 1 N–H and O–H groups in total. The van der Waals surface area contributed by atoms with Gasteiger partial charge in [0.15, 0.2) is 0 Å². The second-order valence-electron chi connectivity index (χ2n) is 4.08. The number of hydrogen-bond donors (Lipinski definition) is 1. The van der Waals surface area contributed by atoms with Crippen molar-refractivity contribution in [1.82, 2.24) is 15.1 Å². The first kappa shape index (κ1) is 14.9. The number of aromatic nitrogens is 2. The molecule has 0 fully saturated rings. The Hall–Kier alpha value is -0.470. The van der Waals surface area contributed by atoms with Gasteiger partial charge >= 0.3 is 0 Å². The van der Waals surface area contributed by atoms with Gasteiger partial charge in [-0.05, 0) is 70.2 Å². The molecular formula is C13H14BrFIN3. The third-order valence-electron chi connectivity index (χ3n) is 2.97. The van der Waals surface area contributed by atoms with Gasteiger partial charge in [-0.3, -0.25) is 4.68 Å². The largest absolute Gasteiger partial charge is 0.308 e. The Balaban J connectivity index is 2.52. The molecule has 19 heavy (non-hydrogen) atoms. The van der Waals surface area contributed by atoms with Crippen LogP contribution in [0.4, 0.5) is 4.39 Å². The third kappa shape index (κ3) is 3.00. The predicted octanol–water partition coefficient (Wildman–Crippen LogP) is 3.72. The number of benzene rings is 1. The van der Waals surface area contributed by atoms with Crippen molar-refractivity contribution >= 4 is 38.5 Å². The highest BCUT2D eigenvalue weighted by atomic mass is 127. The summed E-state index contributed by atoms with van der Waals surface area (Å²) in [5.74, 6) is -0.217. The zero-order chi connectivity index (χ0) is 14.0. The van der Waals surface area contributed by atoms with Crippen LogP contribution in [-0.2, 0) is 6.54 Å². The summed E-state index contributed by atoms with van der Waals surface area (Å²) in [6.45, 7) is 2.84. The Morgan fingerprint density at radius 3 is 2.84 bits per heavy atom. The Labute approximate surface area is 133 Å². The van der Waals surface area contributed by atoms with Gasteiger partial charge in [0, 0.05) is 10.1 Å². The fourth-order valence-electron chi connectivity index (χ4n) is 2.09. The lowest BCUT2D eigenvalue weighted by Crippen LogP contribution is -2.22. The van der Waals surface area contributed by atoms with Crippen molar-refractivity contribution in [2.75, 3.05) is 7.05 Å². The molecule has 0 saturated heterocycles. The van der Waals surface area contributed by atoms with Gasteiger partial charge in [0.05, 0.1) is 22.4 Å². The summed E-state index contributed by atoms with van der Waals surface area (Å²) in [5.41, 5.74) is 2.09. The minimum atomic E-state index is -0.217. The first-order valence-corrected chi connectivity index (χ1v) is 7.79. The number of nitrogens with one attached hydrogen (secondary N) is 1. The second-order valence-corrected chi connectivity index (χ2v) is 6.10. The van der Waals surface area contributed by atoms with Gasteiger partial charge in [0.1, 0.15) is 5.82 Å². The second kappa shape index (κ2) is 6.32. The number of halogens is 3. The minimum Gasteiger partial charge on any atom is -0.308 e. The summed E-state index contributed by atoms with van der Waals surface area (Å²) in [5, 5.41) is 7.61. The van der Waals surface area contributed by atoms with Gasteiger partial charge in [0.2, 0.25) is 0 Å². The normalized spacial score (nSPS) is 12.7. The molecule has 0 aliphatic rings. The number of rotatable bonds is 4. The van der Waals surface area contributed by atoms with Gasteiger partial charge in [-0.1, -0.05) is 6.07 Å². The predicted molar refractivity (Wildman–Crippen MR) is 85.6 cm³/mol. The van der Waals surface area contributed by atoms with Crippen molar-refractivity contribution in [1.29, 1.82) is 0 Å². The zero-order valence-electron chi connectivity index (χ0n) is 10.6. The SMILES string of the molecule is CCn1ncc(Br)c1C(NC)c1ccc(F)cc1I. The maximum Gasteiger partial charge on any atom is 0.124 e. The van der Waals surface area contributed by atoms with Crippen LogP contribution in [0.3, 0.4) is 0 Å². The van der Waals surface area contributed by atoms with Crippen LogP contribution in [0.5, 0.6) is 0 Å². The lowest BCUT2D eigenvalue weighted by molar-refractivity contribution is 0.558. The van der Waals surface area contributed by atoms with Crippen LogP contribution in [0, 0.1) is 9.39 Å². The molecule has 0 aliphatic carbocycles. The molecule has 1 aromatic carbocycles. The molecule has 1 atom stereocenters. The third-order valence-corrected chi connectivity index (χ3v) is 4.51. The molecule has 0 aliphatic heterocycles. The number of hydrogen-bond acceptors (Lipinski definition) is 2. The standard InChI is InChI=1S/C13H14BrFIN3/c1-3-19-13(10(14)7-18-19)12(17-2)9-5-4-8(15)6-11(9)16/h4-7,12,17H,3H2,1-2H3. The van der Waals surface area contributed by atoms with E-state index in [2.05, 4.69) is 48.9 Å². The van der Waals surface area contributed by atoms with E-state index >= 15 is 0 Å². The van der Waals surface area contributed by atoms with E-state index in [0.717, 1.165) is 25.8 Å². The van der Waals surface area contributed by atoms with Crippen LogP contribution < -0.4 is 5.32 Å². The molecule has 102 valence electrons. The van der Waals surface area contributed by atoms with Gasteiger partial charge in [0.25, 0.3) is 0 Å². The van der Waals surface area contributed by atoms with Crippen LogP contribution in [0.1, 0.15) is 24.2 Å². The van der Waals surface area contributed by atoms with Gasteiger partial charge in [-0.15, -0.1) is 0 Å². The molecule has 1 aromatic heterocycles. The topological polar surface area (TPSA) is 29.9 Å². The first-order valence-electron chi connectivity index (χ1n) is 5.91. The Morgan fingerprint density at radius 2 is 2.26 bits per heavy atom. The average Bonchev–Trinajstić information content (AvgIpc) is 2.74. The highest BCUT2D eigenvalue weighted by Gasteiger charge is 2.22. The van der Waals surface area contributed by atoms with Crippen LogP contribution in [0.25, 0.3) is 0 Å². The lowest BCUT2D eigenvalue weighted by atomic mass is 10.0. The van der Waals surface area contributed by atoms with Crippen molar-refractivity contribution in [2.24, 2.45) is 0 Å². The van der Waals surface area contributed by atoms with Crippen molar-refractivity contribution < 1.29 is 4.39 Å². The maximum absolute atomic E-state index is 13.2. The van der Waals surface area contributed by atoms with Crippen molar-refractivity contribution in [3.05, 3.63) is 49.5 Å². The molecule has 3 nitrogen and oxygen atoms in total. The molecule has 2 rings (SSSR count). The highest BCUT2D eigenvalue weighted by Crippen LogP contribution is 2.31. The van der Waals surface area contributed by atoms with Gasteiger partial charge in [-0.25, -0.2) is 4.39 Å². The van der Waals surface area contributed by atoms with E-state index in [1.807, 2.05) is 24.7 Å². The van der Waals surface area contributed by atoms with Crippen LogP contribution in [0.15, 0.2) is 28.9 Å². The van der Waals surface area contributed by atoms with Crippen LogP contribution in [-0.4, -0.2) is 16.8 Å². The summed E-state index contributed by atoms with van der Waals surface area (Å²) in [6.07, 6.45) is 1.79. The fraction of sp³-hybridized carbons (Fsp3) is 0.308. The molecular weight excluding hydrogens is 424 g/mol. The summed E-state index contributed by atoms with van der Waals surface area (Å²) in [7, 11) is 1.89. The smallest absolute Gasteiger partial charge is 0.124 e. The molecule has 0 amide bonds. The molecule has 1 unspecified atom stereocenters. The Kier molecular flexibility index (Phi) is 4.97. The summed E-state index contributed by atoms with van der Waals surface area (Å²) in [6, 6.07) is 4.82. The van der Waals surface area contributed by atoms with E-state index < -0.39 is 0 Å². The summed E-state index contributed by atoms with van der Waals surface area (Å²) < 4.78 is 17.0. The Morgan fingerprint density at radius 1 is 1.53 bits per heavy atom. The van der Waals surface area contributed by atoms with E-state index in [1.54, 1.807) is 12.3 Å². The van der Waals surface area contributed by atoms with E-state index in [-0.39, 0.29) is 11.9 Å². The van der Waals surface area contributed by atoms with Crippen LogP contribution >= 0.6 is 38.5 Å². The van der Waals surface area contributed by atoms with E-state index in [9.17, 15) is 4.39 Å². The van der Waals surface area contributed by atoms with E-state index in [0.29, 0.717) is 0 Å². The monoisotopic (exact) mass is 437 g/mol. The van der Waals surface area contributed by atoms with E-state index in [4.69, 9.17) is 0 Å². The molecule has 0 radical (unpaired) electrons. The molecule has 0 spiro atoms. The first-order chi connectivity index (χ1) is 9.08. The molecule has 6 heteroatoms. The van der Waals surface area contributed by atoms with E-state index in [1.165, 1.54) is 6.07 Å². The molecule has 0 saturated carbocycles. The van der Waals surface area contributed by atoms with Crippen LogP contribution in [0.2, 0.25) is 0 Å². The van der Waals surface area contributed by atoms with Crippen molar-refractivity contribution in [2.45, 2.75) is 19.5 Å². The van der Waals surface area contributed by atoms with Gasteiger partial charge < -0.3 is 5.32 Å². The van der Waals surface area contributed by atoms with Gasteiger partial charge in [-0.2, -0.15) is 5.10 Å². The minimum absolute atomic E-state index is 0.0238. The van der Waals surface area contributed by atoms with Crippen molar-refractivity contribution in [3.63, 3.8) is 0 Å². The molecule has 2 aromatic rings. The average molecular weight is 438 g/mol. The Bertz CT molecular complexity index is 585. The summed E-state index contributed by atoms with van der Waals surface area (Å²) >= 11 is 5.70. The zero-order valence-corrected chi connectivity index (χ0v) is 14.4. The quantitative estimate of drug-likeness (QED) is 0.739. The molecule has 0 bridgehead atoms. The number of aryl methyl sites for hydroxylation is 1. The summed E-state index contributed by atoms with van der Waals surface area (Å²) in [4.78, 5) is 0. The fourth-order valence-corrected chi connectivity index (χ4v) is 3.40. The number of nitrogens with zero attached hydrogens (tertiary/aromatic N) is 2. The molecule has 1 heterocycles. The maximum atomic E-state index is 13.2. The highest BCUT2D eigenvalue weighted by molar-refractivity contribution is 14.1. The van der Waals surface area contributed by atoms with Crippen molar-refractivity contribution in [3.8, 4) is 0 Å². The lowest BCUT2D eigenvalue weighted by Gasteiger charge is -2.20.